The molecule has 1 aliphatic carbocycles. The molecule has 1 saturated carbocycles. The van der Waals surface area contributed by atoms with E-state index in [1.54, 1.807) is 24.3 Å². The maximum absolute atomic E-state index is 11.9. The smallest absolute Gasteiger partial charge is 0.314 e. The van der Waals surface area contributed by atoms with Gasteiger partial charge in [0.1, 0.15) is 0 Å². The van der Waals surface area contributed by atoms with Crippen LogP contribution in [0.4, 0.5) is 5.69 Å². The van der Waals surface area contributed by atoms with Crippen LogP contribution in [0.1, 0.15) is 45.1 Å². The Hall–Kier alpha value is -1.84. The van der Waals surface area contributed by atoms with E-state index in [9.17, 15) is 14.7 Å². The van der Waals surface area contributed by atoms with Gasteiger partial charge in [0.2, 0.25) is 5.91 Å². The Morgan fingerprint density at radius 2 is 1.90 bits per heavy atom. The zero-order valence-electron chi connectivity index (χ0n) is 12.0. The van der Waals surface area contributed by atoms with E-state index >= 15 is 0 Å². The number of nitrogens with one attached hydrogen (secondary N) is 1. The summed E-state index contributed by atoms with van der Waals surface area (Å²) in [6, 6.07) is 7.19. The Labute approximate surface area is 119 Å². The molecule has 1 aromatic rings. The fourth-order valence-corrected chi connectivity index (χ4v) is 2.45. The van der Waals surface area contributed by atoms with Crippen molar-refractivity contribution in [1.29, 1.82) is 0 Å². The summed E-state index contributed by atoms with van der Waals surface area (Å²) in [6.45, 7) is 3.97. The molecular formula is C16H21NO3. The van der Waals surface area contributed by atoms with Crippen LogP contribution in [-0.4, -0.2) is 17.0 Å². The summed E-state index contributed by atoms with van der Waals surface area (Å²) >= 11 is 0. The van der Waals surface area contributed by atoms with E-state index in [0.29, 0.717) is 12.8 Å². The van der Waals surface area contributed by atoms with Gasteiger partial charge in [-0.25, -0.2) is 0 Å². The second kappa shape index (κ2) is 5.65. The van der Waals surface area contributed by atoms with Crippen molar-refractivity contribution in [1.82, 2.24) is 0 Å². The first kappa shape index (κ1) is 14.6. The van der Waals surface area contributed by atoms with Crippen molar-refractivity contribution in [2.24, 2.45) is 5.92 Å². The van der Waals surface area contributed by atoms with E-state index < -0.39 is 11.4 Å². The average molecular weight is 275 g/mol. The summed E-state index contributed by atoms with van der Waals surface area (Å²) in [5, 5.41) is 12.1. The SMILES string of the molecule is CCCC(C)C(=O)Nc1ccc(C2(C(=O)O)CC2)cc1. The summed E-state index contributed by atoms with van der Waals surface area (Å²) < 4.78 is 0. The van der Waals surface area contributed by atoms with Gasteiger partial charge in [0.25, 0.3) is 0 Å². The van der Waals surface area contributed by atoms with Crippen LogP contribution in [-0.2, 0) is 15.0 Å². The molecule has 1 aromatic carbocycles. The summed E-state index contributed by atoms with van der Waals surface area (Å²) in [5.41, 5.74) is 0.866. The molecule has 0 heterocycles. The van der Waals surface area contributed by atoms with E-state index in [1.165, 1.54) is 0 Å². The lowest BCUT2D eigenvalue weighted by atomic mass is 9.96. The largest absolute Gasteiger partial charge is 0.481 e. The first-order valence-corrected chi connectivity index (χ1v) is 7.14. The van der Waals surface area contributed by atoms with Crippen LogP contribution in [0.25, 0.3) is 0 Å². The van der Waals surface area contributed by atoms with E-state index in [2.05, 4.69) is 12.2 Å². The molecule has 1 fully saturated rings. The number of rotatable bonds is 6. The minimum Gasteiger partial charge on any atom is -0.481 e. The number of hydrogen-bond acceptors (Lipinski definition) is 2. The highest BCUT2D eigenvalue weighted by atomic mass is 16.4. The molecule has 0 saturated heterocycles. The summed E-state index contributed by atoms with van der Waals surface area (Å²) in [7, 11) is 0. The van der Waals surface area contributed by atoms with E-state index in [1.807, 2.05) is 6.92 Å². The molecule has 4 heteroatoms. The Bertz CT molecular complexity index is 503. The number of benzene rings is 1. The third-order valence-electron chi connectivity index (χ3n) is 4.03. The molecule has 4 nitrogen and oxygen atoms in total. The Kier molecular flexibility index (Phi) is 4.12. The van der Waals surface area contributed by atoms with Crippen LogP contribution in [0.3, 0.4) is 0 Å². The molecule has 0 aromatic heterocycles. The van der Waals surface area contributed by atoms with Crippen LogP contribution in [0.5, 0.6) is 0 Å². The van der Waals surface area contributed by atoms with Gasteiger partial charge in [0, 0.05) is 11.6 Å². The van der Waals surface area contributed by atoms with E-state index in [4.69, 9.17) is 0 Å². The third kappa shape index (κ3) is 2.84. The number of carboxylic acids is 1. The van der Waals surface area contributed by atoms with Crippen molar-refractivity contribution in [3.63, 3.8) is 0 Å². The van der Waals surface area contributed by atoms with E-state index in [-0.39, 0.29) is 11.8 Å². The predicted molar refractivity (Wildman–Crippen MR) is 77.7 cm³/mol. The minimum atomic E-state index is -0.758. The number of carbonyl (C=O) groups excluding carboxylic acids is 1. The van der Waals surface area contributed by atoms with Gasteiger partial charge in [-0.2, -0.15) is 0 Å². The van der Waals surface area contributed by atoms with Gasteiger partial charge in [-0.1, -0.05) is 32.4 Å². The first-order chi connectivity index (χ1) is 9.49. The third-order valence-corrected chi connectivity index (χ3v) is 4.03. The van der Waals surface area contributed by atoms with Gasteiger partial charge in [-0.3, -0.25) is 9.59 Å². The van der Waals surface area contributed by atoms with Crippen molar-refractivity contribution in [2.75, 3.05) is 5.32 Å². The van der Waals surface area contributed by atoms with Crippen LogP contribution in [0.15, 0.2) is 24.3 Å². The molecule has 1 atom stereocenters. The van der Waals surface area contributed by atoms with Gasteiger partial charge in [0.05, 0.1) is 5.41 Å². The summed E-state index contributed by atoms with van der Waals surface area (Å²) in [5.74, 6) is -0.752. The van der Waals surface area contributed by atoms with Crippen molar-refractivity contribution >= 4 is 17.6 Å². The van der Waals surface area contributed by atoms with Gasteiger partial charge >= 0.3 is 5.97 Å². The zero-order valence-corrected chi connectivity index (χ0v) is 12.0. The molecule has 2 N–H and O–H groups in total. The molecule has 0 spiro atoms. The molecule has 1 unspecified atom stereocenters. The molecular weight excluding hydrogens is 254 g/mol. The highest BCUT2D eigenvalue weighted by molar-refractivity contribution is 5.92. The second-order valence-electron chi connectivity index (χ2n) is 5.64. The molecule has 0 bridgehead atoms. The molecule has 2 rings (SSSR count). The minimum absolute atomic E-state index is 0.00605. The van der Waals surface area contributed by atoms with Gasteiger partial charge < -0.3 is 10.4 Å². The Balaban J connectivity index is 2.02. The second-order valence-corrected chi connectivity index (χ2v) is 5.64. The highest BCUT2D eigenvalue weighted by Crippen LogP contribution is 2.48. The number of anilines is 1. The lowest BCUT2D eigenvalue weighted by Crippen LogP contribution is -2.21. The number of aliphatic carboxylic acids is 1. The lowest BCUT2D eigenvalue weighted by Gasteiger charge is -2.13. The summed E-state index contributed by atoms with van der Waals surface area (Å²) in [4.78, 5) is 23.1. The maximum atomic E-state index is 11.9. The average Bonchev–Trinajstić information content (AvgIpc) is 3.21. The maximum Gasteiger partial charge on any atom is 0.314 e. The van der Waals surface area contributed by atoms with Crippen molar-refractivity contribution in [2.45, 2.75) is 44.9 Å². The molecule has 0 radical (unpaired) electrons. The number of carboxylic acid groups (broad SMARTS) is 1. The number of amides is 1. The monoisotopic (exact) mass is 275 g/mol. The van der Waals surface area contributed by atoms with Crippen LogP contribution < -0.4 is 5.32 Å². The molecule has 108 valence electrons. The van der Waals surface area contributed by atoms with Gasteiger partial charge in [0.15, 0.2) is 0 Å². The number of carbonyl (C=O) groups is 2. The molecule has 0 aliphatic heterocycles. The summed E-state index contributed by atoms with van der Waals surface area (Å²) in [6.07, 6.45) is 3.24. The quantitative estimate of drug-likeness (QED) is 0.838. The molecule has 20 heavy (non-hydrogen) atoms. The van der Waals surface area contributed by atoms with Gasteiger partial charge in [-0.05, 0) is 37.0 Å². The predicted octanol–water partition coefficient (Wildman–Crippen LogP) is 3.18. The fourth-order valence-electron chi connectivity index (χ4n) is 2.45. The fraction of sp³-hybridized carbons (Fsp3) is 0.500. The highest BCUT2D eigenvalue weighted by Gasteiger charge is 2.51. The lowest BCUT2D eigenvalue weighted by molar-refractivity contribution is -0.140. The standard InChI is InChI=1S/C16H21NO3/c1-3-4-11(2)14(18)17-13-7-5-12(6-8-13)16(9-10-16)15(19)20/h5-8,11H,3-4,9-10H2,1-2H3,(H,17,18)(H,19,20). The van der Waals surface area contributed by atoms with Crippen LogP contribution in [0, 0.1) is 5.92 Å². The topological polar surface area (TPSA) is 66.4 Å². The normalized spacial score (nSPS) is 17.3. The van der Waals surface area contributed by atoms with Crippen molar-refractivity contribution < 1.29 is 14.7 Å². The Morgan fingerprint density at radius 3 is 2.35 bits per heavy atom. The van der Waals surface area contributed by atoms with Crippen LogP contribution >= 0.6 is 0 Å². The Morgan fingerprint density at radius 1 is 1.30 bits per heavy atom. The molecule has 1 aliphatic rings. The van der Waals surface area contributed by atoms with Crippen molar-refractivity contribution in [3.05, 3.63) is 29.8 Å². The number of hydrogen-bond donors (Lipinski definition) is 2. The van der Waals surface area contributed by atoms with Crippen molar-refractivity contribution in [3.8, 4) is 0 Å². The van der Waals surface area contributed by atoms with Crippen LogP contribution in [0.2, 0.25) is 0 Å². The van der Waals surface area contributed by atoms with Gasteiger partial charge in [-0.15, -0.1) is 0 Å². The zero-order chi connectivity index (χ0) is 14.8. The molecule has 1 amide bonds. The first-order valence-electron chi connectivity index (χ1n) is 7.14. The van der Waals surface area contributed by atoms with E-state index in [0.717, 1.165) is 24.1 Å².